The van der Waals surface area contributed by atoms with E-state index in [4.69, 9.17) is 10.2 Å². The largest absolute Gasteiger partial charge is 0.455 e. The summed E-state index contributed by atoms with van der Waals surface area (Å²) in [5.41, 5.74) is 8.00. The third-order valence-corrected chi connectivity index (χ3v) is 6.33. The average Bonchev–Trinajstić information content (AvgIpc) is 3.26. The predicted octanol–water partition coefficient (Wildman–Crippen LogP) is 5.33. The standard InChI is InChI=1S/C30H27F2N3O4/c1-15(2)16(3)35-29(37)22-11-18(7-10-24(22)32)21-14-23-25(12-19(21)13-26(33)36)39-28(27(23)30(38)34-4)17-5-8-20(31)9-6-17/h5-12,14-15H,3,13H2,1-2,4H3,(H2,33,36)(H,34,38)(H,35,37). The lowest BCUT2D eigenvalue weighted by molar-refractivity contribution is -0.117. The zero-order valence-corrected chi connectivity index (χ0v) is 21.7. The van der Waals surface area contributed by atoms with Crippen LogP contribution in [0.2, 0.25) is 0 Å². The molecule has 3 aromatic carbocycles. The number of amides is 3. The lowest BCUT2D eigenvalue weighted by Crippen LogP contribution is -2.25. The van der Waals surface area contributed by atoms with Crippen molar-refractivity contribution < 1.29 is 27.6 Å². The molecule has 0 aliphatic rings. The smallest absolute Gasteiger partial charge is 0.258 e. The number of halogens is 2. The maximum atomic E-state index is 14.7. The Morgan fingerprint density at radius 3 is 2.26 bits per heavy atom. The first-order valence-corrected chi connectivity index (χ1v) is 12.2. The van der Waals surface area contributed by atoms with Crippen molar-refractivity contribution in [3.05, 3.63) is 95.2 Å². The summed E-state index contributed by atoms with van der Waals surface area (Å²) in [6.45, 7) is 7.49. The van der Waals surface area contributed by atoms with Crippen LogP contribution < -0.4 is 16.4 Å². The zero-order chi connectivity index (χ0) is 28.4. The molecule has 4 N–H and O–H groups in total. The number of nitrogens with one attached hydrogen (secondary N) is 2. The molecule has 0 saturated heterocycles. The quantitative estimate of drug-likeness (QED) is 0.285. The molecule has 0 fully saturated rings. The molecule has 0 radical (unpaired) electrons. The van der Waals surface area contributed by atoms with Gasteiger partial charge in [-0.3, -0.25) is 14.4 Å². The Hall–Kier alpha value is -4.79. The molecule has 1 heterocycles. The van der Waals surface area contributed by atoms with Gasteiger partial charge in [0.15, 0.2) is 0 Å². The lowest BCUT2D eigenvalue weighted by Gasteiger charge is -2.14. The molecule has 4 aromatic rings. The monoisotopic (exact) mass is 531 g/mol. The molecule has 0 atom stereocenters. The summed E-state index contributed by atoms with van der Waals surface area (Å²) in [7, 11) is 1.47. The van der Waals surface area contributed by atoms with Gasteiger partial charge < -0.3 is 20.8 Å². The van der Waals surface area contributed by atoms with E-state index in [0.29, 0.717) is 38.9 Å². The van der Waals surface area contributed by atoms with E-state index < -0.39 is 29.4 Å². The number of furan rings is 1. The zero-order valence-electron chi connectivity index (χ0n) is 21.7. The highest BCUT2D eigenvalue weighted by Gasteiger charge is 2.24. The van der Waals surface area contributed by atoms with Crippen LogP contribution >= 0.6 is 0 Å². The van der Waals surface area contributed by atoms with Crippen molar-refractivity contribution in [2.75, 3.05) is 7.05 Å². The Morgan fingerprint density at radius 2 is 1.64 bits per heavy atom. The minimum absolute atomic E-state index is 0.0516. The van der Waals surface area contributed by atoms with Crippen LogP contribution in [0, 0.1) is 17.6 Å². The van der Waals surface area contributed by atoms with E-state index >= 15 is 0 Å². The van der Waals surface area contributed by atoms with Crippen LogP contribution in [0.3, 0.4) is 0 Å². The van der Waals surface area contributed by atoms with Crippen molar-refractivity contribution in [3.63, 3.8) is 0 Å². The Balaban J connectivity index is 1.94. The fourth-order valence-corrected chi connectivity index (χ4v) is 4.17. The highest BCUT2D eigenvalue weighted by Crippen LogP contribution is 2.38. The Kier molecular flexibility index (Phi) is 7.62. The van der Waals surface area contributed by atoms with Crippen molar-refractivity contribution in [3.8, 4) is 22.5 Å². The topological polar surface area (TPSA) is 114 Å². The molecule has 0 aliphatic heterocycles. The summed E-state index contributed by atoms with van der Waals surface area (Å²) in [5, 5.41) is 5.60. The number of hydrogen-bond acceptors (Lipinski definition) is 4. The Bertz CT molecular complexity index is 1620. The number of benzene rings is 3. The summed E-state index contributed by atoms with van der Waals surface area (Å²) < 4.78 is 34.3. The van der Waals surface area contributed by atoms with Gasteiger partial charge in [0.1, 0.15) is 23.0 Å². The first-order chi connectivity index (χ1) is 18.5. The van der Waals surface area contributed by atoms with Gasteiger partial charge in [-0.25, -0.2) is 8.78 Å². The maximum absolute atomic E-state index is 14.7. The number of hydrogen-bond donors (Lipinski definition) is 3. The molecule has 200 valence electrons. The SMILES string of the molecule is C=C(NC(=O)c1cc(-c2cc3c(C(=O)NC)c(-c4ccc(F)cc4)oc3cc2CC(N)=O)ccc1F)C(C)C. The van der Waals surface area contributed by atoms with Gasteiger partial charge in [0.2, 0.25) is 5.91 Å². The van der Waals surface area contributed by atoms with Crippen LogP contribution in [-0.2, 0) is 11.2 Å². The van der Waals surface area contributed by atoms with Crippen LogP contribution in [-0.4, -0.2) is 24.8 Å². The summed E-state index contributed by atoms with van der Waals surface area (Å²) in [6, 6.07) is 12.7. The molecule has 0 aliphatic carbocycles. The van der Waals surface area contributed by atoms with Crippen LogP contribution in [0.15, 0.2) is 71.3 Å². The number of fused-ring (bicyclic) bond motifs is 1. The van der Waals surface area contributed by atoms with Gasteiger partial charge in [-0.05, 0) is 71.1 Å². The maximum Gasteiger partial charge on any atom is 0.258 e. The molecule has 0 spiro atoms. The molecule has 4 rings (SSSR count). The van der Waals surface area contributed by atoms with Gasteiger partial charge in [0, 0.05) is 23.7 Å². The van der Waals surface area contributed by atoms with Gasteiger partial charge in [-0.1, -0.05) is 26.5 Å². The lowest BCUT2D eigenvalue weighted by atomic mass is 9.93. The summed E-state index contributed by atoms with van der Waals surface area (Å²) in [5.74, 6) is -2.77. The normalized spacial score (nSPS) is 11.0. The number of nitrogens with two attached hydrogens (primary N) is 1. The number of rotatable bonds is 8. The van der Waals surface area contributed by atoms with E-state index in [2.05, 4.69) is 17.2 Å². The molecule has 9 heteroatoms. The van der Waals surface area contributed by atoms with Gasteiger partial charge >= 0.3 is 0 Å². The van der Waals surface area contributed by atoms with Crippen molar-refractivity contribution in [2.24, 2.45) is 11.7 Å². The molecular formula is C30H27F2N3O4. The van der Waals surface area contributed by atoms with Gasteiger partial charge in [-0.2, -0.15) is 0 Å². The van der Waals surface area contributed by atoms with Crippen molar-refractivity contribution >= 4 is 28.7 Å². The fraction of sp³-hybridized carbons (Fsp3) is 0.167. The van der Waals surface area contributed by atoms with E-state index in [1.165, 1.54) is 43.4 Å². The number of carbonyl (C=O) groups excluding carboxylic acids is 3. The van der Waals surface area contributed by atoms with E-state index in [1.54, 1.807) is 12.1 Å². The first-order valence-electron chi connectivity index (χ1n) is 12.2. The highest BCUT2D eigenvalue weighted by atomic mass is 19.1. The van der Waals surface area contributed by atoms with Crippen LogP contribution in [0.1, 0.15) is 40.1 Å². The second-order valence-corrected chi connectivity index (χ2v) is 9.37. The molecule has 0 bridgehead atoms. The summed E-state index contributed by atoms with van der Waals surface area (Å²) in [4.78, 5) is 37.7. The van der Waals surface area contributed by atoms with Crippen molar-refractivity contribution in [1.82, 2.24) is 10.6 Å². The molecule has 39 heavy (non-hydrogen) atoms. The Morgan fingerprint density at radius 1 is 0.974 bits per heavy atom. The minimum atomic E-state index is -0.738. The molecule has 7 nitrogen and oxygen atoms in total. The van der Waals surface area contributed by atoms with Gasteiger partial charge in [0.25, 0.3) is 11.8 Å². The third-order valence-electron chi connectivity index (χ3n) is 6.33. The first kappa shape index (κ1) is 27.3. The summed E-state index contributed by atoms with van der Waals surface area (Å²) >= 11 is 0. The molecule has 3 amide bonds. The van der Waals surface area contributed by atoms with Gasteiger partial charge in [-0.15, -0.1) is 0 Å². The highest BCUT2D eigenvalue weighted by molar-refractivity contribution is 6.12. The van der Waals surface area contributed by atoms with Crippen LogP contribution in [0.25, 0.3) is 33.4 Å². The second kappa shape index (κ2) is 10.9. The predicted molar refractivity (Wildman–Crippen MR) is 145 cm³/mol. The second-order valence-electron chi connectivity index (χ2n) is 9.37. The molecule has 1 aromatic heterocycles. The summed E-state index contributed by atoms with van der Waals surface area (Å²) in [6.07, 6.45) is -0.184. The fourth-order valence-electron chi connectivity index (χ4n) is 4.17. The molecule has 0 unspecified atom stereocenters. The van der Waals surface area contributed by atoms with E-state index in [1.807, 2.05) is 13.8 Å². The Labute approximate surface area is 223 Å². The van der Waals surface area contributed by atoms with Crippen molar-refractivity contribution in [1.29, 1.82) is 0 Å². The van der Waals surface area contributed by atoms with Gasteiger partial charge in [0.05, 0.1) is 17.5 Å². The number of carbonyl (C=O) groups is 3. The molecular weight excluding hydrogens is 504 g/mol. The third kappa shape index (κ3) is 5.57. The minimum Gasteiger partial charge on any atom is -0.455 e. The van der Waals surface area contributed by atoms with Crippen molar-refractivity contribution in [2.45, 2.75) is 20.3 Å². The van der Waals surface area contributed by atoms with E-state index in [0.717, 1.165) is 6.07 Å². The number of primary amides is 1. The molecule has 0 saturated carbocycles. The van der Waals surface area contributed by atoms with E-state index in [-0.39, 0.29) is 29.2 Å². The van der Waals surface area contributed by atoms with Crippen LogP contribution in [0.5, 0.6) is 0 Å². The number of allylic oxidation sites excluding steroid dienone is 1. The average molecular weight is 532 g/mol. The van der Waals surface area contributed by atoms with E-state index in [9.17, 15) is 23.2 Å². The van der Waals surface area contributed by atoms with Crippen LogP contribution in [0.4, 0.5) is 8.78 Å².